The summed E-state index contributed by atoms with van der Waals surface area (Å²) in [5.41, 5.74) is 7.86. The highest BCUT2D eigenvalue weighted by Gasteiger charge is 2.33. The van der Waals surface area contributed by atoms with Crippen molar-refractivity contribution in [1.29, 1.82) is 5.26 Å². The van der Waals surface area contributed by atoms with Gasteiger partial charge in [-0.2, -0.15) is 23.5 Å². The second-order valence-electron chi connectivity index (χ2n) is 8.27. The quantitative estimate of drug-likeness (QED) is 0.429. The van der Waals surface area contributed by atoms with E-state index in [-0.39, 0.29) is 24.9 Å². The number of hydrogen-bond acceptors (Lipinski definition) is 8. The van der Waals surface area contributed by atoms with E-state index in [9.17, 15) is 23.2 Å². The summed E-state index contributed by atoms with van der Waals surface area (Å²) in [6, 6.07) is 10.4. The molecule has 1 aromatic heterocycles. The van der Waals surface area contributed by atoms with Gasteiger partial charge in [0, 0.05) is 38.5 Å². The molecule has 38 heavy (non-hydrogen) atoms. The number of hydrogen-bond donors (Lipinski definition) is 3. The highest BCUT2D eigenvalue weighted by Crippen LogP contribution is 2.35. The van der Waals surface area contributed by atoms with Crippen molar-refractivity contribution < 1.29 is 32.3 Å². The molecular formula is C25H35F3N6O4. The van der Waals surface area contributed by atoms with Gasteiger partial charge < -0.3 is 30.7 Å². The summed E-state index contributed by atoms with van der Waals surface area (Å²) < 4.78 is 37.9. The lowest BCUT2D eigenvalue weighted by Crippen LogP contribution is -2.39. The first-order valence-electron chi connectivity index (χ1n) is 11.5. The number of nitrogens with zero attached hydrogens (tertiary/aromatic N) is 3. The Balaban J connectivity index is 0.00000134. The summed E-state index contributed by atoms with van der Waals surface area (Å²) in [5.74, 6) is -0.329. The van der Waals surface area contributed by atoms with E-state index in [0.29, 0.717) is 18.0 Å². The predicted octanol–water partition coefficient (Wildman–Crippen LogP) is 3.70. The van der Waals surface area contributed by atoms with Crippen LogP contribution < -0.4 is 16.4 Å². The van der Waals surface area contributed by atoms with E-state index >= 15 is 0 Å². The van der Waals surface area contributed by atoms with E-state index in [1.807, 2.05) is 44.8 Å². The minimum Gasteiger partial charge on any atom is -0.383 e. The molecule has 2 aromatic rings. The molecule has 1 saturated carbocycles. The maximum atomic E-state index is 12.0. The third kappa shape index (κ3) is 12.5. The number of nitrogens with one attached hydrogen (secondary N) is 2. The molecule has 0 saturated heterocycles. The number of halogens is 3. The van der Waals surface area contributed by atoms with Crippen molar-refractivity contribution in [3.05, 3.63) is 41.6 Å². The maximum absolute atomic E-state index is 12.0. The lowest BCUT2D eigenvalue weighted by atomic mass is 9.82. The number of nitrogens with two attached hydrogens (primary N) is 1. The molecule has 1 unspecified atom stereocenters. The smallest absolute Gasteiger partial charge is 0.383 e. The third-order valence-electron chi connectivity index (χ3n) is 5.37. The molecule has 3 atom stereocenters. The van der Waals surface area contributed by atoms with Gasteiger partial charge in [-0.25, -0.2) is 0 Å². The van der Waals surface area contributed by atoms with Gasteiger partial charge >= 0.3 is 6.18 Å². The van der Waals surface area contributed by atoms with E-state index < -0.39 is 12.1 Å². The summed E-state index contributed by atoms with van der Waals surface area (Å²) in [6.07, 6.45) is 0.121. The molecule has 0 radical (unpaired) electrons. The van der Waals surface area contributed by atoms with Crippen molar-refractivity contribution >= 4 is 31.0 Å². The molecule has 0 aliphatic heterocycles. The van der Waals surface area contributed by atoms with Crippen LogP contribution in [0.1, 0.15) is 48.1 Å². The Hall–Kier alpha value is -3.76. The molecule has 1 aliphatic rings. The van der Waals surface area contributed by atoms with Crippen LogP contribution in [-0.4, -0.2) is 61.7 Å². The van der Waals surface area contributed by atoms with Crippen LogP contribution in [-0.2, 0) is 14.3 Å². The number of nitriles is 1. The first-order valence-corrected chi connectivity index (χ1v) is 11.5. The maximum Gasteiger partial charge on any atom is 0.386 e. The number of methoxy groups -OCH3 is 1. The van der Waals surface area contributed by atoms with Crippen LogP contribution in [0.5, 0.6) is 0 Å². The lowest BCUT2D eigenvalue weighted by Gasteiger charge is -2.33. The largest absolute Gasteiger partial charge is 0.386 e. The highest BCUT2D eigenvalue weighted by atomic mass is 19.4. The van der Waals surface area contributed by atoms with Crippen LogP contribution in [0, 0.1) is 24.2 Å². The van der Waals surface area contributed by atoms with E-state index in [1.54, 1.807) is 18.0 Å². The Bertz CT molecular complexity index is 1000. The zero-order valence-electron chi connectivity index (χ0n) is 21.8. The fourth-order valence-corrected chi connectivity index (χ4v) is 3.77. The molecule has 0 spiro atoms. The summed E-state index contributed by atoms with van der Waals surface area (Å²) >= 11 is 0. The molecule has 1 heterocycles. The van der Waals surface area contributed by atoms with E-state index in [1.165, 1.54) is 0 Å². The van der Waals surface area contributed by atoms with Crippen molar-refractivity contribution in [3.8, 4) is 6.07 Å². The summed E-state index contributed by atoms with van der Waals surface area (Å²) in [6.45, 7) is 7.61. The molecule has 210 valence electrons. The third-order valence-corrected chi connectivity index (χ3v) is 5.37. The molecule has 1 amide bonds. The van der Waals surface area contributed by atoms with Crippen molar-refractivity contribution in [3.63, 3.8) is 0 Å². The van der Waals surface area contributed by atoms with Gasteiger partial charge in [-0.15, -0.1) is 0 Å². The fraction of sp³-hybridized carbons (Fsp3) is 0.480. The minimum absolute atomic E-state index is 0.0906. The number of anilines is 2. The minimum atomic E-state index is -4.00. The van der Waals surface area contributed by atoms with Crippen molar-refractivity contribution in [2.24, 2.45) is 11.7 Å². The van der Waals surface area contributed by atoms with E-state index in [0.717, 1.165) is 37.1 Å². The van der Waals surface area contributed by atoms with Gasteiger partial charge in [-0.1, -0.05) is 17.7 Å². The summed E-state index contributed by atoms with van der Waals surface area (Å²) in [4.78, 5) is 28.0. The Morgan fingerprint density at radius 1 is 1.24 bits per heavy atom. The first-order chi connectivity index (χ1) is 18.0. The Labute approximate surface area is 220 Å². The number of carbonyl (C=O) groups is 3. The van der Waals surface area contributed by atoms with Gasteiger partial charge in [0.25, 0.3) is 5.91 Å². The standard InChI is InChI=1S/C21H28N6O2.C2H3F3.2CH2O/c1-14-3-5-16(6-4-14)25-21-18(20(23)28)13-27(26-21)19-8-7-17(11-15(19)12-22)24-9-10-29-2;1-2(3,4)5;2*1-2/h3-6,13,15,17,19,24H,7-11H2,1-2H3,(H2,23,28)(H,25,26);1H3;2*1H2/t15?,17-,19-;;;/m0.../s1. The number of aryl methyl sites for hydroxylation is 1. The van der Waals surface area contributed by atoms with Crippen molar-refractivity contribution in [1.82, 2.24) is 15.1 Å². The summed E-state index contributed by atoms with van der Waals surface area (Å²) in [7, 11) is 1.67. The average molecular weight is 541 g/mol. The fourth-order valence-electron chi connectivity index (χ4n) is 3.77. The number of aromatic nitrogens is 2. The first kappa shape index (κ1) is 34.2. The molecule has 10 nitrogen and oxygen atoms in total. The van der Waals surface area contributed by atoms with Gasteiger partial charge in [-0.3, -0.25) is 9.48 Å². The van der Waals surface area contributed by atoms with Crippen LogP contribution in [0.4, 0.5) is 24.7 Å². The topological polar surface area (TPSA) is 152 Å². The van der Waals surface area contributed by atoms with Crippen LogP contribution in [0.2, 0.25) is 0 Å². The number of benzene rings is 1. The van der Waals surface area contributed by atoms with E-state index in [4.69, 9.17) is 20.1 Å². The molecule has 0 bridgehead atoms. The van der Waals surface area contributed by atoms with Crippen LogP contribution in [0.15, 0.2) is 30.5 Å². The molecule has 3 rings (SSSR count). The monoisotopic (exact) mass is 540 g/mol. The van der Waals surface area contributed by atoms with E-state index in [2.05, 4.69) is 21.8 Å². The number of carbonyl (C=O) groups excluding carboxylic acids is 3. The van der Waals surface area contributed by atoms with Gasteiger partial charge in [-0.05, 0) is 38.3 Å². The molecule has 13 heteroatoms. The second-order valence-corrected chi connectivity index (χ2v) is 8.27. The average Bonchev–Trinajstić information content (AvgIpc) is 3.31. The zero-order valence-corrected chi connectivity index (χ0v) is 21.8. The van der Waals surface area contributed by atoms with Crippen molar-refractivity contribution in [2.75, 3.05) is 25.6 Å². The number of ether oxygens (including phenoxy) is 1. The number of alkyl halides is 3. The van der Waals surface area contributed by atoms with Crippen molar-refractivity contribution in [2.45, 2.75) is 51.4 Å². The van der Waals surface area contributed by atoms with Gasteiger partial charge in [0.1, 0.15) is 19.1 Å². The predicted molar refractivity (Wildman–Crippen MR) is 137 cm³/mol. The highest BCUT2D eigenvalue weighted by molar-refractivity contribution is 5.98. The molecule has 4 N–H and O–H groups in total. The second kappa shape index (κ2) is 17.7. The Kier molecular flexibility index (Phi) is 15.9. The number of rotatable bonds is 8. The molecular weight excluding hydrogens is 505 g/mol. The van der Waals surface area contributed by atoms with Gasteiger partial charge in [0.2, 0.25) is 0 Å². The SMILES string of the molecule is C=O.C=O.CC(F)(F)F.COCCN[C@H]1CC[C@H](n2cc(C(N)=O)c(Nc3ccc(C)cc3)n2)C(C#N)C1. The van der Waals surface area contributed by atoms with Gasteiger partial charge in [0.15, 0.2) is 5.82 Å². The number of amides is 1. The Morgan fingerprint density at radius 2 is 1.82 bits per heavy atom. The van der Waals surface area contributed by atoms with Crippen LogP contribution >= 0.6 is 0 Å². The van der Waals surface area contributed by atoms with Crippen LogP contribution in [0.25, 0.3) is 0 Å². The molecule has 1 fully saturated rings. The van der Waals surface area contributed by atoms with Gasteiger partial charge in [0.05, 0.1) is 24.6 Å². The number of primary amides is 1. The molecule has 1 aromatic carbocycles. The lowest BCUT2D eigenvalue weighted by molar-refractivity contribution is -0.110. The summed E-state index contributed by atoms with van der Waals surface area (Å²) in [5, 5.41) is 20.9. The van der Waals surface area contributed by atoms with Crippen LogP contribution in [0.3, 0.4) is 0 Å². The normalized spacial score (nSPS) is 18.2. The Morgan fingerprint density at radius 3 is 2.32 bits per heavy atom. The zero-order chi connectivity index (χ0) is 29.3. The molecule has 1 aliphatic carbocycles.